The largest absolute Gasteiger partial charge is 0.490 e. The van der Waals surface area contributed by atoms with Crippen molar-refractivity contribution < 1.29 is 24.9 Å². The zero-order valence-corrected chi connectivity index (χ0v) is 10.4. The summed E-state index contributed by atoms with van der Waals surface area (Å²) in [5.41, 5.74) is 0.0389. The Labute approximate surface area is 106 Å². The molecule has 0 radical (unpaired) electrons. The van der Waals surface area contributed by atoms with Gasteiger partial charge in [0.2, 0.25) is 0 Å². The number of benzene rings is 1. The summed E-state index contributed by atoms with van der Waals surface area (Å²) >= 11 is 2.00. The molecule has 1 atom stereocenters. The second-order valence-electron chi connectivity index (χ2n) is 3.09. The van der Waals surface area contributed by atoms with Gasteiger partial charge in [0.05, 0.1) is 6.61 Å². The Balaban J connectivity index is 2.82. The molecule has 1 aromatic carbocycles. The smallest absolute Gasteiger partial charge is 0.339 e. The molecule has 0 fully saturated rings. The van der Waals surface area contributed by atoms with Gasteiger partial charge in [0.25, 0.3) is 0 Å². The maximum Gasteiger partial charge on any atom is 0.339 e. The molecule has 88 valence electrons. The van der Waals surface area contributed by atoms with E-state index in [1.165, 1.54) is 12.1 Å². The van der Waals surface area contributed by atoms with Gasteiger partial charge in [-0.1, -0.05) is 0 Å². The summed E-state index contributed by atoms with van der Waals surface area (Å²) in [4.78, 5) is 10.9. The molecule has 0 aliphatic heterocycles. The molecule has 16 heavy (non-hydrogen) atoms. The third kappa shape index (κ3) is 3.62. The van der Waals surface area contributed by atoms with E-state index in [2.05, 4.69) is 0 Å². The molecule has 0 saturated heterocycles. The van der Waals surface area contributed by atoms with Gasteiger partial charge < -0.3 is 20.1 Å². The summed E-state index contributed by atoms with van der Waals surface area (Å²) in [5, 5.41) is 26.6. The quantitative estimate of drug-likeness (QED) is 0.689. The molecule has 0 bridgehead atoms. The van der Waals surface area contributed by atoms with Crippen molar-refractivity contribution in [1.82, 2.24) is 0 Å². The van der Waals surface area contributed by atoms with Crippen LogP contribution >= 0.6 is 22.6 Å². The summed E-state index contributed by atoms with van der Waals surface area (Å²) < 4.78 is 5.89. The maximum absolute atomic E-state index is 10.9. The second-order valence-corrected chi connectivity index (χ2v) is 4.34. The highest BCUT2D eigenvalue weighted by Gasteiger charge is 2.13. The minimum Gasteiger partial charge on any atom is -0.490 e. The van der Waals surface area contributed by atoms with Gasteiger partial charge in [0.15, 0.2) is 0 Å². The number of ether oxygens (including phenoxy) is 1. The summed E-state index contributed by atoms with van der Waals surface area (Å²) in [7, 11) is 0. The Morgan fingerprint density at radius 2 is 2.19 bits per heavy atom. The van der Waals surface area contributed by atoms with E-state index in [4.69, 9.17) is 20.1 Å². The molecule has 0 saturated carbocycles. The lowest BCUT2D eigenvalue weighted by molar-refractivity contribution is 0.0519. The van der Waals surface area contributed by atoms with Crippen molar-refractivity contribution in [2.45, 2.75) is 6.10 Å². The fourth-order valence-corrected chi connectivity index (χ4v) is 1.53. The van der Waals surface area contributed by atoms with Crippen LogP contribution in [0, 0.1) is 3.57 Å². The topological polar surface area (TPSA) is 87.0 Å². The zero-order chi connectivity index (χ0) is 12.1. The predicted octanol–water partition coefficient (Wildman–Crippen LogP) is 0.721. The molecule has 1 unspecified atom stereocenters. The monoisotopic (exact) mass is 338 g/mol. The highest BCUT2D eigenvalue weighted by atomic mass is 127. The number of carbonyl (C=O) groups is 1. The van der Waals surface area contributed by atoms with E-state index in [0.717, 1.165) is 3.57 Å². The average molecular weight is 338 g/mol. The van der Waals surface area contributed by atoms with E-state index < -0.39 is 18.7 Å². The van der Waals surface area contributed by atoms with Crippen LogP contribution in [0.1, 0.15) is 10.4 Å². The van der Waals surface area contributed by atoms with E-state index in [1.807, 2.05) is 22.6 Å². The Kier molecular flexibility index (Phi) is 4.97. The first-order valence-electron chi connectivity index (χ1n) is 4.49. The molecule has 0 amide bonds. The molecule has 0 heterocycles. The first kappa shape index (κ1) is 13.2. The van der Waals surface area contributed by atoms with Gasteiger partial charge in [-0.2, -0.15) is 0 Å². The summed E-state index contributed by atoms with van der Waals surface area (Å²) in [6.07, 6.45) is -1.01. The Bertz CT molecular complexity index is 379. The van der Waals surface area contributed by atoms with Crippen molar-refractivity contribution in [3.8, 4) is 5.75 Å². The van der Waals surface area contributed by atoms with Crippen LogP contribution in [0.3, 0.4) is 0 Å². The van der Waals surface area contributed by atoms with Crippen molar-refractivity contribution in [3.05, 3.63) is 27.3 Å². The molecule has 3 N–H and O–H groups in total. The molecular formula is C10H11IO5. The standard InChI is InChI=1S/C10H11IO5/c11-6-1-2-9(8(3-6)10(14)15)16-5-7(13)4-12/h1-3,7,12-13H,4-5H2,(H,14,15). The van der Waals surface area contributed by atoms with Gasteiger partial charge >= 0.3 is 5.97 Å². The van der Waals surface area contributed by atoms with Gasteiger partial charge in [0.1, 0.15) is 24.0 Å². The SMILES string of the molecule is O=C(O)c1cc(I)ccc1OCC(O)CO. The van der Waals surface area contributed by atoms with Crippen molar-refractivity contribution in [2.24, 2.45) is 0 Å². The molecule has 5 nitrogen and oxygen atoms in total. The molecule has 1 aromatic rings. The van der Waals surface area contributed by atoms with Crippen LogP contribution in [0.15, 0.2) is 18.2 Å². The first-order valence-corrected chi connectivity index (χ1v) is 5.57. The third-order valence-corrected chi connectivity index (χ3v) is 2.48. The van der Waals surface area contributed by atoms with Crippen LogP contribution < -0.4 is 4.74 Å². The number of hydrogen-bond acceptors (Lipinski definition) is 4. The fraction of sp³-hybridized carbons (Fsp3) is 0.300. The second kappa shape index (κ2) is 6.02. The number of carboxylic acids is 1. The summed E-state index contributed by atoms with van der Waals surface area (Å²) in [6.45, 7) is -0.565. The van der Waals surface area contributed by atoms with Crippen LogP contribution in [-0.2, 0) is 0 Å². The number of hydrogen-bond donors (Lipinski definition) is 3. The molecule has 6 heteroatoms. The minimum absolute atomic E-state index is 0.0389. The normalized spacial score (nSPS) is 12.2. The molecule has 0 spiro atoms. The van der Waals surface area contributed by atoms with Crippen molar-refractivity contribution >= 4 is 28.6 Å². The van der Waals surface area contributed by atoms with E-state index in [9.17, 15) is 4.79 Å². The number of aliphatic hydroxyl groups excluding tert-OH is 2. The molecule has 0 aromatic heterocycles. The van der Waals surface area contributed by atoms with Gasteiger partial charge in [-0.15, -0.1) is 0 Å². The number of aromatic carboxylic acids is 1. The first-order chi connectivity index (χ1) is 7.54. The van der Waals surface area contributed by atoms with E-state index >= 15 is 0 Å². The summed E-state index contributed by atoms with van der Waals surface area (Å²) in [6, 6.07) is 4.70. The van der Waals surface area contributed by atoms with Crippen molar-refractivity contribution in [2.75, 3.05) is 13.2 Å². The van der Waals surface area contributed by atoms with E-state index in [0.29, 0.717) is 0 Å². The number of halogens is 1. The molecule has 0 aliphatic rings. The zero-order valence-electron chi connectivity index (χ0n) is 8.26. The van der Waals surface area contributed by atoms with Crippen LogP contribution in [0.2, 0.25) is 0 Å². The van der Waals surface area contributed by atoms with Gasteiger partial charge in [-0.3, -0.25) is 0 Å². The Morgan fingerprint density at radius 1 is 1.50 bits per heavy atom. The number of rotatable bonds is 5. The Hall–Kier alpha value is -0.860. The van der Waals surface area contributed by atoms with Crippen LogP contribution in [-0.4, -0.2) is 40.6 Å². The molecule has 1 rings (SSSR count). The molecule has 0 aliphatic carbocycles. The third-order valence-electron chi connectivity index (χ3n) is 1.81. The van der Waals surface area contributed by atoms with Crippen LogP contribution in [0.4, 0.5) is 0 Å². The minimum atomic E-state index is -1.09. The Morgan fingerprint density at radius 3 is 2.75 bits per heavy atom. The van der Waals surface area contributed by atoms with Crippen molar-refractivity contribution in [1.29, 1.82) is 0 Å². The average Bonchev–Trinajstić information content (AvgIpc) is 2.26. The van der Waals surface area contributed by atoms with E-state index in [-0.39, 0.29) is 17.9 Å². The maximum atomic E-state index is 10.9. The number of aliphatic hydroxyl groups is 2. The predicted molar refractivity (Wildman–Crippen MR) is 64.7 cm³/mol. The van der Waals surface area contributed by atoms with Gasteiger partial charge in [-0.05, 0) is 40.8 Å². The van der Waals surface area contributed by atoms with Gasteiger partial charge in [0, 0.05) is 3.57 Å². The molecular weight excluding hydrogens is 327 g/mol. The fourth-order valence-electron chi connectivity index (χ4n) is 1.03. The lowest BCUT2D eigenvalue weighted by atomic mass is 10.2. The highest BCUT2D eigenvalue weighted by Crippen LogP contribution is 2.21. The number of carboxylic acid groups (broad SMARTS) is 1. The van der Waals surface area contributed by atoms with Crippen LogP contribution in [0.5, 0.6) is 5.75 Å². The van der Waals surface area contributed by atoms with Crippen molar-refractivity contribution in [3.63, 3.8) is 0 Å². The summed E-state index contributed by atoms with van der Waals surface area (Å²) in [5.74, 6) is -0.910. The van der Waals surface area contributed by atoms with E-state index in [1.54, 1.807) is 6.07 Å². The lowest BCUT2D eigenvalue weighted by Gasteiger charge is -2.11. The lowest BCUT2D eigenvalue weighted by Crippen LogP contribution is -2.22. The van der Waals surface area contributed by atoms with Gasteiger partial charge in [-0.25, -0.2) is 4.79 Å². The van der Waals surface area contributed by atoms with Crippen LogP contribution in [0.25, 0.3) is 0 Å². The highest BCUT2D eigenvalue weighted by molar-refractivity contribution is 14.1.